The van der Waals surface area contributed by atoms with Gasteiger partial charge in [-0.05, 0) is 60.5 Å². The predicted octanol–water partition coefficient (Wildman–Crippen LogP) is 3.88. The lowest BCUT2D eigenvalue weighted by molar-refractivity contribution is -0.128. The second-order valence-electron chi connectivity index (χ2n) is 8.27. The molecule has 1 aliphatic rings. The van der Waals surface area contributed by atoms with E-state index in [4.69, 9.17) is 9.47 Å². The third-order valence-electron chi connectivity index (χ3n) is 5.83. The molecule has 3 aromatic carbocycles. The lowest BCUT2D eigenvalue weighted by Gasteiger charge is -2.15. The standard InChI is InChI=1S/C26H27N3O6S/c1-34-21-11-14-24(35-2)23(16-21)28-36(32,33)22-12-9-20(10-13-22)27-26(31)19-7-5-18(6-8-19)17-29-15-3-4-25(29)30/h5-14,16,28H,3-4,15,17H2,1-2H3,(H,27,31). The Kier molecular flexibility index (Phi) is 7.44. The zero-order valence-electron chi connectivity index (χ0n) is 20.0. The molecule has 0 radical (unpaired) electrons. The number of hydrogen-bond acceptors (Lipinski definition) is 6. The van der Waals surface area contributed by atoms with Gasteiger partial charge in [0, 0.05) is 36.8 Å². The average Bonchev–Trinajstić information content (AvgIpc) is 3.28. The van der Waals surface area contributed by atoms with Crippen LogP contribution in [0.3, 0.4) is 0 Å². The summed E-state index contributed by atoms with van der Waals surface area (Å²) < 4.78 is 38.7. The summed E-state index contributed by atoms with van der Waals surface area (Å²) in [6.45, 7) is 1.29. The molecule has 3 aromatic rings. The maximum Gasteiger partial charge on any atom is 0.262 e. The molecule has 0 saturated carbocycles. The predicted molar refractivity (Wildman–Crippen MR) is 136 cm³/mol. The molecular weight excluding hydrogens is 482 g/mol. The van der Waals surface area contributed by atoms with Crippen molar-refractivity contribution < 1.29 is 27.5 Å². The first-order valence-electron chi connectivity index (χ1n) is 11.3. The Balaban J connectivity index is 1.40. The fourth-order valence-corrected chi connectivity index (χ4v) is 4.93. The molecule has 4 rings (SSSR count). The van der Waals surface area contributed by atoms with Crippen molar-refractivity contribution in [3.8, 4) is 11.5 Å². The van der Waals surface area contributed by atoms with E-state index in [1.807, 2.05) is 17.0 Å². The first-order valence-corrected chi connectivity index (χ1v) is 12.8. The normalized spacial score (nSPS) is 13.4. The minimum atomic E-state index is -3.91. The van der Waals surface area contributed by atoms with Crippen LogP contribution in [0.1, 0.15) is 28.8 Å². The smallest absolute Gasteiger partial charge is 0.262 e. The van der Waals surface area contributed by atoms with E-state index in [1.54, 1.807) is 24.3 Å². The number of methoxy groups -OCH3 is 2. The first kappa shape index (κ1) is 25.1. The number of hydrogen-bond donors (Lipinski definition) is 2. The third-order valence-corrected chi connectivity index (χ3v) is 7.22. The number of carbonyl (C=O) groups is 2. The monoisotopic (exact) mass is 509 g/mol. The largest absolute Gasteiger partial charge is 0.497 e. The number of nitrogens with zero attached hydrogens (tertiary/aromatic N) is 1. The summed E-state index contributed by atoms with van der Waals surface area (Å²) in [6, 6.07) is 17.7. The number of carbonyl (C=O) groups excluding carboxylic acids is 2. The minimum absolute atomic E-state index is 0.0196. The van der Waals surface area contributed by atoms with Crippen molar-refractivity contribution in [1.82, 2.24) is 4.90 Å². The first-order chi connectivity index (χ1) is 17.3. The molecule has 2 N–H and O–H groups in total. The van der Waals surface area contributed by atoms with Crippen molar-refractivity contribution in [2.24, 2.45) is 0 Å². The fourth-order valence-electron chi connectivity index (χ4n) is 3.87. The van der Waals surface area contributed by atoms with Crippen molar-refractivity contribution in [1.29, 1.82) is 0 Å². The number of anilines is 2. The van der Waals surface area contributed by atoms with Crippen LogP contribution in [-0.2, 0) is 21.4 Å². The summed E-state index contributed by atoms with van der Waals surface area (Å²) in [4.78, 5) is 26.3. The molecule has 2 amide bonds. The van der Waals surface area contributed by atoms with Crippen LogP contribution >= 0.6 is 0 Å². The van der Waals surface area contributed by atoms with Gasteiger partial charge in [0.25, 0.3) is 15.9 Å². The van der Waals surface area contributed by atoms with Crippen LogP contribution in [0.15, 0.2) is 71.6 Å². The zero-order chi connectivity index (χ0) is 25.7. The van der Waals surface area contributed by atoms with Gasteiger partial charge in [0.2, 0.25) is 5.91 Å². The molecule has 36 heavy (non-hydrogen) atoms. The van der Waals surface area contributed by atoms with Gasteiger partial charge in [-0.3, -0.25) is 14.3 Å². The summed E-state index contributed by atoms with van der Waals surface area (Å²) in [5, 5.41) is 2.76. The molecule has 0 bridgehead atoms. The lowest BCUT2D eigenvalue weighted by Crippen LogP contribution is -2.23. The second kappa shape index (κ2) is 10.7. The van der Waals surface area contributed by atoms with Gasteiger partial charge in [0.1, 0.15) is 11.5 Å². The highest BCUT2D eigenvalue weighted by molar-refractivity contribution is 7.92. The van der Waals surface area contributed by atoms with E-state index in [0.29, 0.717) is 35.7 Å². The number of likely N-dealkylation sites (tertiary alicyclic amines) is 1. The lowest BCUT2D eigenvalue weighted by atomic mass is 10.1. The van der Waals surface area contributed by atoms with Crippen LogP contribution in [-0.4, -0.2) is 45.9 Å². The van der Waals surface area contributed by atoms with Gasteiger partial charge < -0.3 is 19.7 Å². The molecule has 0 unspecified atom stereocenters. The van der Waals surface area contributed by atoms with Crippen LogP contribution in [0, 0.1) is 0 Å². The quantitative estimate of drug-likeness (QED) is 0.453. The van der Waals surface area contributed by atoms with E-state index >= 15 is 0 Å². The molecule has 10 heteroatoms. The molecule has 0 aliphatic carbocycles. The van der Waals surface area contributed by atoms with Gasteiger partial charge in [-0.25, -0.2) is 8.42 Å². The maximum atomic E-state index is 12.9. The van der Waals surface area contributed by atoms with E-state index in [1.165, 1.54) is 44.6 Å². The van der Waals surface area contributed by atoms with E-state index in [0.717, 1.165) is 18.5 Å². The van der Waals surface area contributed by atoms with Crippen LogP contribution in [0.4, 0.5) is 11.4 Å². The van der Waals surface area contributed by atoms with Crippen LogP contribution in [0.25, 0.3) is 0 Å². The number of rotatable bonds is 9. The zero-order valence-corrected chi connectivity index (χ0v) is 20.8. The van der Waals surface area contributed by atoms with Crippen molar-refractivity contribution in [3.05, 3.63) is 77.9 Å². The highest BCUT2D eigenvalue weighted by Gasteiger charge is 2.20. The van der Waals surface area contributed by atoms with Crippen LogP contribution in [0.5, 0.6) is 11.5 Å². The third kappa shape index (κ3) is 5.77. The van der Waals surface area contributed by atoms with Crippen molar-refractivity contribution in [2.75, 3.05) is 30.8 Å². The molecular formula is C26H27N3O6S. The molecule has 1 saturated heterocycles. The van der Waals surface area contributed by atoms with Crippen molar-refractivity contribution >= 4 is 33.2 Å². The maximum absolute atomic E-state index is 12.9. The summed E-state index contributed by atoms with van der Waals surface area (Å²) in [5.41, 5.74) is 2.10. The SMILES string of the molecule is COc1ccc(OC)c(NS(=O)(=O)c2ccc(NC(=O)c3ccc(CN4CCCC4=O)cc3)cc2)c1. The number of nitrogens with one attached hydrogen (secondary N) is 2. The van der Waals surface area contributed by atoms with Gasteiger partial charge in [-0.1, -0.05) is 12.1 Å². The van der Waals surface area contributed by atoms with Gasteiger partial charge in [-0.15, -0.1) is 0 Å². The van der Waals surface area contributed by atoms with Crippen LogP contribution < -0.4 is 19.5 Å². The fraction of sp³-hybridized carbons (Fsp3) is 0.231. The van der Waals surface area contributed by atoms with Gasteiger partial charge in [0.15, 0.2) is 0 Å². The second-order valence-corrected chi connectivity index (χ2v) is 9.95. The summed E-state index contributed by atoms with van der Waals surface area (Å²) in [7, 11) is -0.985. The van der Waals surface area contributed by atoms with Gasteiger partial charge in [-0.2, -0.15) is 0 Å². The highest BCUT2D eigenvalue weighted by Crippen LogP contribution is 2.31. The van der Waals surface area contributed by atoms with E-state index < -0.39 is 10.0 Å². The summed E-state index contributed by atoms with van der Waals surface area (Å²) in [5.74, 6) is 0.652. The molecule has 188 valence electrons. The van der Waals surface area contributed by atoms with E-state index in [9.17, 15) is 18.0 Å². The van der Waals surface area contributed by atoms with Gasteiger partial charge >= 0.3 is 0 Å². The van der Waals surface area contributed by atoms with Crippen molar-refractivity contribution in [3.63, 3.8) is 0 Å². The molecule has 1 aliphatic heterocycles. The Bertz CT molecular complexity index is 1360. The Labute approximate surface area is 210 Å². The summed E-state index contributed by atoms with van der Waals surface area (Å²) >= 11 is 0. The molecule has 0 spiro atoms. The van der Waals surface area contributed by atoms with E-state index in [-0.39, 0.29) is 22.4 Å². The number of amides is 2. The highest BCUT2D eigenvalue weighted by atomic mass is 32.2. The Hall–Kier alpha value is -4.05. The Morgan fingerprint density at radius 2 is 1.69 bits per heavy atom. The molecule has 0 aromatic heterocycles. The molecule has 1 heterocycles. The van der Waals surface area contributed by atoms with Gasteiger partial charge in [0.05, 0.1) is 24.8 Å². The van der Waals surface area contributed by atoms with Crippen molar-refractivity contribution in [2.45, 2.75) is 24.3 Å². The topological polar surface area (TPSA) is 114 Å². The molecule has 1 fully saturated rings. The van der Waals surface area contributed by atoms with E-state index in [2.05, 4.69) is 10.0 Å². The number of benzene rings is 3. The Morgan fingerprint density at radius 3 is 2.31 bits per heavy atom. The van der Waals surface area contributed by atoms with Crippen LogP contribution in [0.2, 0.25) is 0 Å². The summed E-state index contributed by atoms with van der Waals surface area (Å²) in [6.07, 6.45) is 1.47. The number of ether oxygens (including phenoxy) is 2. The molecule has 9 nitrogen and oxygen atoms in total. The number of sulfonamides is 1. The average molecular weight is 510 g/mol. The molecule has 0 atom stereocenters. The minimum Gasteiger partial charge on any atom is -0.497 e. The Morgan fingerprint density at radius 1 is 0.972 bits per heavy atom.